The standard InChI is InChI=1S/C24H30N6O10/c25-15(7-12-1-3-14(31)4-2-12)21(36)29-17(8-13-10-26-11-27-13)22(37)30-18(9-20(34)35)23(38)28-16(24(39)40)5-6-19(32)33/h1-4,10-11,15-18,31H,5-9,25H2,(H,26,27)(H,28,38)(H,29,36)(H,30,37)(H,32,33)(H,34,35)(H,39,40). The minimum Gasteiger partial charge on any atom is -0.508 e. The minimum absolute atomic E-state index is 0.0228. The van der Waals surface area contributed by atoms with E-state index in [2.05, 4.69) is 20.6 Å². The number of rotatable bonds is 16. The first-order chi connectivity index (χ1) is 18.8. The summed E-state index contributed by atoms with van der Waals surface area (Å²) in [7, 11) is 0. The third-order valence-electron chi connectivity index (χ3n) is 5.61. The van der Waals surface area contributed by atoms with E-state index in [0.717, 1.165) is 0 Å². The van der Waals surface area contributed by atoms with E-state index in [-0.39, 0.29) is 18.6 Å². The molecule has 16 heteroatoms. The lowest BCUT2D eigenvalue weighted by molar-refractivity contribution is -0.144. The quantitative estimate of drug-likeness (QED) is 0.109. The first-order valence-corrected chi connectivity index (χ1v) is 11.9. The van der Waals surface area contributed by atoms with Crippen LogP contribution in [-0.4, -0.2) is 90.2 Å². The van der Waals surface area contributed by atoms with E-state index in [1.807, 2.05) is 5.32 Å². The molecule has 16 nitrogen and oxygen atoms in total. The number of carboxylic acids is 3. The normalized spacial score (nSPS) is 13.7. The molecule has 0 saturated carbocycles. The van der Waals surface area contributed by atoms with Gasteiger partial charge in [0.25, 0.3) is 0 Å². The highest BCUT2D eigenvalue weighted by Gasteiger charge is 2.32. The van der Waals surface area contributed by atoms with Crippen LogP contribution in [0.4, 0.5) is 0 Å². The van der Waals surface area contributed by atoms with Crippen LogP contribution in [0.3, 0.4) is 0 Å². The fraction of sp³-hybridized carbons (Fsp3) is 0.375. The van der Waals surface area contributed by atoms with Gasteiger partial charge in [-0.05, 0) is 30.5 Å². The van der Waals surface area contributed by atoms with Crippen molar-refractivity contribution in [3.63, 3.8) is 0 Å². The molecule has 2 rings (SSSR count). The highest BCUT2D eigenvalue weighted by Crippen LogP contribution is 2.11. The number of phenols is 1. The Kier molecular flexibility index (Phi) is 11.6. The summed E-state index contributed by atoms with van der Waals surface area (Å²) >= 11 is 0. The summed E-state index contributed by atoms with van der Waals surface area (Å²) in [6, 6.07) is 0.0619. The molecule has 0 aliphatic carbocycles. The van der Waals surface area contributed by atoms with E-state index < -0.39 is 79.1 Å². The number of aromatic amines is 1. The summed E-state index contributed by atoms with van der Waals surface area (Å²) < 4.78 is 0. The maximum absolute atomic E-state index is 13.2. The molecular formula is C24H30N6O10. The smallest absolute Gasteiger partial charge is 0.326 e. The van der Waals surface area contributed by atoms with Gasteiger partial charge in [-0.2, -0.15) is 0 Å². The first-order valence-electron chi connectivity index (χ1n) is 11.9. The number of amides is 3. The molecule has 0 aliphatic heterocycles. The fourth-order valence-corrected chi connectivity index (χ4v) is 3.54. The zero-order valence-electron chi connectivity index (χ0n) is 21.1. The number of benzene rings is 1. The SMILES string of the molecule is NC(Cc1ccc(O)cc1)C(=O)NC(Cc1cnc[nH]1)C(=O)NC(CC(=O)O)C(=O)NC(CCC(=O)O)C(=O)O. The molecule has 2 aromatic rings. The maximum Gasteiger partial charge on any atom is 0.326 e. The second-order valence-electron chi connectivity index (χ2n) is 8.81. The number of imidazole rings is 1. The Bertz CT molecular complexity index is 1200. The van der Waals surface area contributed by atoms with E-state index in [1.165, 1.54) is 24.7 Å². The highest BCUT2D eigenvalue weighted by molar-refractivity contribution is 5.95. The van der Waals surface area contributed by atoms with Gasteiger partial charge in [-0.3, -0.25) is 24.0 Å². The van der Waals surface area contributed by atoms with Gasteiger partial charge >= 0.3 is 17.9 Å². The van der Waals surface area contributed by atoms with Crippen molar-refractivity contribution in [3.8, 4) is 5.75 Å². The van der Waals surface area contributed by atoms with Crippen LogP contribution in [0, 0.1) is 0 Å². The van der Waals surface area contributed by atoms with E-state index >= 15 is 0 Å². The number of H-pyrrole nitrogens is 1. The lowest BCUT2D eigenvalue weighted by Gasteiger charge is -2.24. The van der Waals surface area contributed by atoms with Crippen molar-refractivity contribution in [2.75, 3.05) is 0 Å². The number of aliphatic carboxylic acids is 3. The van der Waals surface area contributed by atoms with E-state index in [4.69, 9.17) is 10.8 Å². The van der Waals surface area contributed by atoms with Crippen LogP contribution in [0.25, 0.3) is 0 Å². The predicted octanol–water partition coefficient (Wildman–Crippen LogP) is -1.89. The zero-order chi connectivity index (χ0) is 29.8. The van der Waals surface area contributed by atoms with Crippen molar-refractivity contribution in [2.24, 2.45) is 5.73 Å². The second-order valence-corrected chi connectivity index (χ2v) is 8.81. The van der Waals surface area contributed by atoms with Crippen molar-refractivity contribution in [2.45, 2.75) is 56.3 Å². The van der Waals surface area contributed by atoms with Gasteiger partial charge in [-0.15, -0.1) is 0 Å². The molecule has 0 bridgehead atoms. The number of nitrogens with two attached hydrogens (primary N) is 1. The van der Waals surface area contributed by atoms with Crippen molar-refractivity contribution in [3.05, 3.63) is 48.0 Å². The summed E-state index contributed by atoms with van der Waals surface area (Å²) in [4.78, 5) is 78.9. The van der Waals surface area contributed by atoms with Gasteiger partial charge in [-0.25, -0.2) is 9.78 Å². The predicted molar refractivity (Wildman–Crippen MR) is 135 cm³/mol. The Morgan fingerprint density at radius 2 is 1.43 bits per heavy atom. The van der Waals surface area contributed by atoms with E-state index in [1.54, 1.807) is 12.1 Å². The number of aromatic hydroxyl groups is 1. The Hall–Kier alpha value is -4.99. The first kappa shape index (κ1) is 31.2. The molecule has 216 valence electrons. The Morgan fingerprint density at radius 1 is 0.825 bits per heavy atom. The van der Waals surface area contributed by atoms with Crippen LogP contribution in [-0.2, 0) is 41.6 Å². The van der Waals surface area contributed by atoms with Crippen LogP contribution in [0.1, 0.15) is 30.5 Å². The van der Waals surface area contributed by atoms with Gasteiger partial charge in [0.2, 0.25) is 17.7 Å². The number of carbonyl (C=O) groups excluding carboxylic acids is 3. The molecule has 1 aromatic carbocycles. The Balaban J connectivity index is 2.17. The molecule has 40 heavy (non-hydrogen) atoms. The van der Waals surface area contributed by atoms with Crippen LogP contribution in [0.2, 0.25) is 0 Å². The van der Waals surface area contributed by atoms with Crippen LogP contribution in [0.15, 0.2) is 36.8 Å². The molecule has 4 atom stereocenters. The minimum atomic E-state index is -1.76. The van der Waals surface area contributed by atoms with Gasteiger partial charge in [0.1, 0.15) is 23.9 Å². The maximum atomic E-state index is 13.2. The zero-order valence-corrected chi connectivity index (χ0v) is 21.1. The number of hydrogen-bond donors (Lipinski definition) is 9. The van der Waals surface area contributed by atoms with Crippen molar-refractivity contribution in [1.82, 2.24) is 25.9 Å². The van der Waals surface area contributed by atoms with Gasteiger partial charge in [0, 0.05) is 24.7 Å². The molecule has 1 heterocycles. The average Bonchev–Trinajstić information content (AvgIpc) is 3.39. The summed E-state index contributed by atoms with van der Waals surface area (Å²) in [6.07, 6.45) is 0.602. The van der Waals surface area contributed by atoms with Crippen LogP contribution >= 0.6 is 0 Å². The monoisotopic (exact) mass is 562 g/mol. The van der Waals surface area contributed by atoms with Crippen molar-refractivity contribution < 1.29 is 49.2 Å². The van der Waals surface area contributed by atoms with Gasteiger partial charge in [0.05, 0.1) is 18.8 Å². The molecule has 1 aromatic heterocycles. The number of aromatic nitrogens is 2. The van der Waals surface area contributed by atoms with Gasteiger partial charge in [0.15, 0.2) is 0 Å². The van der Waals surface area contributed by atoms with Gasteiger partial charge in [-0.1, -0.05) is 12.1 Å². The average molecular weight is 563 g/mol. The molecular weight excluding hydrogens is 532 g/mol. The third-order valence-corrected chi connectivity index (χ3v) is 5.61. The number of phenolic OH excluding ortho intramolecular Hbond substituents is 1. The fourth-order valence-electron chi connectivity index (χ4n) is 3.54. The molecule has 0 radical (unpaired) electrons. The number of hydrogen-bond acceptors (Lipinski definition) is 9. The summed E-state index contributed by atoms with van der Waals surface area (Å²) in [5, 5.41) is 43.5. The highest BCUT2D eigenvalue weighted by atomic mass is 16.4. The van der Waals surface area contributed by atoms with E-state index in [0.29, 0.717) is 11.3 Å². The molecule has 0 fully saturated rings. The Morgan fingerprint density at radius 3 is 1.98 bits per heavy atom. The van der Waals surface area contributed by atoms with Crippen LogP contribution in [0.5, 0.6) is 5.75 Å². The largest absolute Gasteiger partial charge is 0.508 e. The van der Waals surface area contributed by atoms with Crippen molar-refractivity contribution >= 4 is 35.6 Å². The molecule has 4 unspecified atom stereocenters. The molecule has 3 amide bonds. The van der Waals surface area contributed by atoms with Gasteiger partial charge < -0.3 is 47.1 Å². The number of carbonyl (C=O) groups is 6. The topological polar surface area (TPSA) is 274 Å². The summed E-state index contributed by atoms with van der Waals surface area (Å²) in [5.41, 5.74) is 7.03. The number of nitrogens with one attached hydrogen (secondary N) is 4. The summed E-state index contributed by atoms with van der Waals surface area (Å²) in [5.74, 6) is -7.23. The lowest BCUT2D eigenvalue weighted by Crippen LogP contribution is -2.58. The molecule has 0 spiro atoms. The lowest BCUT2D eigenvalue weighted by atomic mass is 10.0. The second kappa shape index (κ2) is 14.8. The molecule has 0 saturated heterocycles. The molecule has 10 N–H and O–H groups in total. The number of nitrogens with zero attached hydrogens (tertiary/aromatic N) is 1. The Labute approximate surface area is 227 Å². The van der Waals surface area contributed by atoms with E-state index in [9.17, 15) is 44.1 Å². The number of carboxylic acid groups (broad SMARTS) is 3. The van der Waals surface area contributed by atoms with Crippen molar-refractivity contribution in [1.29, 1.82) is 0 Å². The molecule has 0 aliphatic rings. The van der Waals surface area contributed by atoms with Crippen LogP contribution < -0.4 is 21.7 Å². The summed E-state index contributed by atoms with van der Waals surface area (Å²) in [6.45, 7) is 0. The third kappa shape index (κ3) is 10.4.